The first-order valence-corrected chi connectivity index (χ1v) is 21.5. The van der Waals surface area contributed by atoms with Crippen molar-refractivity contribution in [3.63, 3.8) is 0 Å². The first-order valence-electron chi connectivity index (χ1n) is 20.2. The summed E-state index contributed by atoms with van der Waals surface area (Å²) in [6, 6.07) is 5.07. The lowest BCUT2D eigenvalue weighted by Crippen LogP contribution is -2.59. The Bertz CT molecular complexity index is 2160. The number of benzene rings is 1. The van der Waals surface area contributed by atoms with E-state index < -0.39 is 53.0 Å². The van der Waals surface area contributed by atoms with E-state index in [2.05, 4.69) is 16.0 Å². The van der Waals surface area contributed by atoms with Crippen molar-refractivity contribution >= 4 is 62.8 Å². The van der Waals surface area contributed by atoms with E-state index in [1.165, 1.54) is 29.8 Å². The van der Waals surface area contributed by atoms with Crippen LogP contribution in [0.25, 0.3) is 22.3 Å². The number of rotatable bonds is 14. The zero-order chi connectivity index (χ0) is 42.4. The van der Waals surface area contributed by atoms with E-state index in [4.69, 9.17) is 45.8 Å². The highest BCUT2D eigenvalue weighted by Gasteiger charge is 2.62. The number of pyridine rings is 1. The highest BCUT2D eigenvalue weighted by Crippen LogP contribution is 2.52. The molecule has 2 aromatic heterocycles. The van der Waals surface area contributed by atoms with Gasteiger partial charge >= 0.3 is 12.1 Å². The number of esters is 1. The van der Waals surface area contributed by atoms with Gasteiger partial charge in [0.25, 0.3) is 0 Å². The molecule has 3 heterocycles. The van der Waals surface area contributed by atoms with Gasteiger partial charge in [0.15, 0.2) is 11.7 Å². The smallest absolute Gasteiger partial charge is 0.408 e. The second-order valence-electron chi connectivity index (χ2n) is 17.5. The maximum atomic E-state index is 14.8. The number of ether oxygens (including phenoxy) is 4. The zero-order valence-corrected chi connectivity index (χ0v) is 36.0. The number of amides is 3. The van der Waals surface area contributed by atoms with Crippen molar-refractivity contribution in [1.82, 2.24) is 25.5 Å². The minimum atomic E-state index is -1.20. The van der Waals surface area contributed by atoms with Crippen molar-refractivity contribution < 1.29 is 38.1 Å². The van der Waals surface area contributed by atoms with Crippen molar-refractivity contribution in [3.05, 3.63) is 28.6 Å². The quantitative estimate of drug-likeness (QED) is 0.150. The largest absolute Gasteiger partial charge is 0.488 e. The van der Waals surface area contributed by atoms with Crippen LogP contribution < -0.4 is 25.4 Å². The van der Waals surface area contributed by atoms with Crippen LogP contribution in [0.1, 0.15) is 80.1 Å². The Hall–Kier alpha value is -4.88. The van der Waals surface area contributed by atoms with Crippen molar-refractivity contribution in [2.75, 3.05) is 25.6 Å². The van der Waals surface area contributed by atoms with E-state index >= 15 is 0 Å². The van der Waals surface area contributed by atoms with Crippen LogP contribution in [-0.4, -0.2) is 94.9 Å². The molecular weight excluding hydrogens is 798 g/mol. The van der Waals surface area contributed by atoms with E-state index in [1.807, 2.05) is 53.0 Å². The van der Waals surface area contributed by atoms with E-state index in [0.29, 0.717) is 57.8 Å². The Balaban J connectivity index is 1.21. The Morgan fingerprint density at radius 3 is 2.46 bits per heavy atom. The van der Waals surface area contributed by atoms with Crippen LogP contribution in [0.2, 0.25) is 5.02 Å². The molecule has 1 aromatic carbocycles. The molecule has 17 heteroatoms. The van der Waals surface area contributed by atoms with Gasteiger partial charge in [0.05, 0.1) is 24.9 Å². The van der Waals surface area contributed by atoms with E-state index in [0.717, 1.165) is 12.8 Å². The third kappa shape index (κ3) is 8.87. The highest BCUT2D eigenvalue weighted by atomic mass is 35.5. The molecule has 3 amide bonds. The molecular formula is C42H52ClN7O8S. The monoisotopic (exact) mass is 849 g/mol. The Morgan fingerprint density at radius 1 is 1.07 bits per heavy atom. The van der Waals surface area contributed by atoms with Crippen molar-refractivity contribution in [3.8, 4) is 29.0 Å². The van der Waals surface area contributed by atoms with Crippen LogP contribution in [0.4, 0.5) is 9.93 Å². The molecule has 3 saturated carbocycles. The van der Waals surface area contributed by atoms with Crippen LogP contribution in [0.15, 0.2) is 23.6 Å². The summed E-state index contributed by atoms with van der Waals surface area (Å²) in [5.41, 5.74) is -0.616. The van der Waals surface area contributed by atoms with Crippen LogP contribution in [0.5, 0.6) is 11.5 Å². The lowest BCUT2D eigenvalue weighted by Gasteiger charge is -2.35. The SMILES string of the molecule is CC[C@@H]1CC1(NC(=O)[C@@H]1C[C@H](Oc2cc(-c3csc(NC(C)C)n3)nc3c(Cl)c(OCC#N)ccc23)CN1C(=O)C(NC(=O)O[C@@H]1C[C@@H]2C[C@@H]2C1)C(C)(C)C)C(=O)OC. The minimum Gasteiger partial charge on any atom is -0.488 e. The second-order valence-corrected chi connectivity index (χ2v) is 18.7. The first-order chi connectivity index (χ1) is 28.0. The molecule has 4 fully saturated rings. The number of hydrogen-bond acceptors (Lipinski definition) is 13. The lowest BCUT2D eigenvalue weighted by atomic mass is 9.85. The highest BCUT2D eigenvalue weighted by molar-refractivity contribution is 7.14. The molecule has 1 saturated heterocycles. The number of nitrogens with zero attached hydrogens (tertiary/aromatic N) is 4. The molecule has 0 spiro atoms. The van der Waals surface area contributed by atoms with Gasteiger partial charge in [-0.25, -0.2) is 19.6 Å². The standard InChI is InChI=1S/C42H52ClN7O8S/c1-8-24-18-42(24,38(53)55-7)49-36(51)30-16-26(19-50(30)37(52)35(41(4,5)6)48-40(54)58-25-14-22-13-23(22)15-25)57-32-17-28(29-20-59-39(47-29)45-21(2)3)46-34-27(32)9-10-31(33(34)43)56-12-11-44/h9-10,17,20-26,30,35H,8,12-16,18-19H2,1-7H3,(H,45,47)(H,48,54)(H,49,51)/t22-,23+,24-,25+,26+,30+,35?,42?/m1/s1. The number of fused-ring (bicyclic) bond motifs is 2. The molecule has 316 valence electrons. The summed E-state index contributed by atoms with van der Waals surface area (Å²) < 4.78 is 23.2. The number of nitrogens with one attached hydrogen (secondary N) is 3. The number of aromatic nitrogens is 2. The fourth-order valence-corrected chi connectivity index (χ4v) is 9.67. The summed E-state index contributed by atoms with van der Waals surface area (Å²) in [7, 11) is 1.29. The number of thiazole rings is 1. The van der Waals surface area contributed by atoms with Gasteiger partial charge in [-0.1, -0.05) is 45.7 Å². The molecule has 3 N–H and O–H groups in total. The Kier molecular flexibility index (Phi) is 11.9. The number of likely N-dealkylation sites (tertiary alicyclic amines) is 1. The van der Waals surface area contributed by atoms with Gasteiger partial charge in [-0.05, 0) is 74.8 Å². The van der Waals surface area contributed by atoms with Gasteiger partial charge < -0.3 is 39.8 Å². The summed E-state index contributed by atoms with van der Waals surface area (Å²) in [4.78, 5) is 66.6. The van der Waals surface area contributed by atoms with E-state index in [9.17, 15) is 19.2 Å². The number of carbonyl (C=O) groups is 4. The number of hydrogen-bond donors (Lipinski definition) is 3. The molecule has 59 heavy (non-hydrogen) atoms. The van der Waals surface area contributed by atoms with Crippen molar-refractivity contribution in [2.24, 2.45) is 23.2 Å². The predicted molar refractivity (Wildman–Crippen MR) is 221 cm³/mol. The fourth-order valence-electron chi connectivity index (χ4n) is 8.55. The Labute approximate surface area is 352 Å². The van der Waals surface area contributed by atoms with Crippen LogP contribution in [-0.2, 0) is 23.9 Å². The number of nitriles is 1. The van der Waals surface area contributed by atoms with Gasteiger partial charge in [0.2, 0.25) is 11.8 Å². The molecule has 3 aliphatic carbocycles. The number of methoxy groups -OCH3 is 1. The normalized spacial score (nSPS) is 26.1. The summed E-state index contributed by atoms with van der Waals surface area (Å²) >= 11 is 8.29. The molecule has 2 unspecified atom stereocenters. The average Bonchev–Trinajstić information content (AvgIpc) is 3.85. The molecule has 4 aliphatic rings. The van der Waals surface area contributed by atoms with Gasteiger partial charge in [-0.2, -0.15) is 5.26 Å². The number of alkyl carbamates (subject to hydrolysis) is 1. The topological polar surface area (TPSA) is 194 Å². The molecule has 7 rings (SSSR count). The van der Waals surface area contributed by atoms with Gasteiger partial charge in [0.1, 0.15) is 58.1 Å². The van der Waals surface area contributed by atoms with Crippen LogP contribution >= 0.6 is 22.9 Å². The number of halogens is 1. The molecule has 15 nitrogen and oxygen atoms in total. The minimum absolute atomic E-state index is 0.0238. The molecule has 8 atom stereocenters. The lowest BCUT2D eigenvalue weighted by molar-refractivity contribution is -0.148. The zero-order valence-electron chi connectivity index (χ0n) is 34.4. The number of anilines is 1. The number of carbonyl (C=O) groups excluding carboxylic acids is 4. The third-order valence-corrected chi connectivity index (χ3v) is 12.9. The van der Waals surface area contributed by atoms with E-state index in [1.54, 1.807) is 18.2 Å². The maximum absolute atomic E-state index is 14.8. The first kappa shape index (κ1) is 42.3. The summed E-state index contributed by atoms with van der Waals surface area (Å²) in [5.74, 6) is 0.165. The fraction of sp³-hybridized carbons (Fsp3) is 0.595. The van der Waals surface area contributed by atoms with Crippen LogP contribution in [0.3, 0.4) is 0 Å². The van der Waals surface area contributed by atoms with Crippen LogP contribution in [0, 0.1) is 34.5 Å². The molecule has 0 bridgehead atoms. The Morgan fingerprint density at radius 2 is 1.81 bits per heavy atom. The maximum Gasteiger partial charge on any atom is 0.408 e. The third-order valence-electron chi connectivity index (χ3n) is 11.8. The average molecular weight is 850 g/mol. The van der Waals surface area contributed by atoms with Gasteiger partial charge in [-0.15, -0.1) is 11.3 Å². The van der Waals surface area contributed by atoms with Gasteiger partial charge in [0, 0.05) is 29.3 Å². The summed E-state index contributed by atoms with van der Waals surface area (Å²) in [6.07, 6.45) is 2.34. The predicted octanol–water partition coefficient (Wildman–Crippen LogP) is 6.48. The van der Waals surface area contributed by atoms with Crippen molar-refractivity contribution in [1.29, 1.82) is 5.26 Å². The molecule has 3 aromatic rings. The molecule has 1 aliphatic heterocycles. The van der Waals surface area contributed by atoms with Gasteiger partial charge in [-0.3, -0.25) is 9.59 Å². The van der Waals surface area contributed by atoms with E-state index in [-0.39, 0.29) is 48.4 Å². The summed E-state index contributed by atoms with van der Waals surface area (Å²) in [6.45, 7) is 11.2. The molecule has 0 radical (unpaired) electrons. The second kappa shape index (κ2) is 16.6. The van der Waals surface area contributed by atoms with Crippen molar-refractivity contribution in [2.45, 2.75) is 116 Å². The summed E-state index contributed by atoms with van der Waals surface area (Å²) in [5, 5.41) is 21.5.